The SMILES string of the molecule is COc1ccccc1NC(=O)/C(N=Nc1ccc(S(=O)(=O)CCOSOOO)cc1)=C(/C)O. The van der Waals surface area contributed by atoms with Gasteiger partial charge in [-0.2, -0.15) is 5.11 Å². The van der Waals surface area contributed by atoms with Gasteiger partial charge >= 0.3 is 0 Å². The maximum Gasteiger partial charge on any atom is 0.279 e. The zero-order valence-corrected chi connectivity index (χ0v) is 19.1. The van der Waals surface area contributed by atoms with Crippen molar-refractivity contribution in [1.82, 2.24) is 0 Å². The van der Waals surface area contributed by atoms with Gasteiger partial charge in [-0.05, 0) is 43.3 Å². The van der Waals surface area contributed by atoms with Crippen molar-refractivity contribution >= 4 is 39.4 Å². The first kappa shape index (κ1) is 26.2. The zero-order valence-electron chi connectivity index (χ0n) is 17.5. The van der Waals surface area contributed by atoms with E-state index in [9.17, 15) is 18.3 Å². The van der Waals surface area contributed by atoms with Gasteiger partial charge in [0.05, 0.1) is 35.7 Å². The summed E-state index contributed by atoms with van der Waals surface area (Å²) in [4.78, 5) is 12.5. The number of amides is 1. The normalized spacial score (nSPS) is 12.5. The van der Waals surface area contributed by atoms with E-state index in [2.05, 4.69) is 24.9 Å². The van der Waals surface area contributed by atoms with Crippen molar-refractivity contribution in [2.75, 3.05) is 24.8 Å². The van der Waals surface area contributed by atoms with Crippen molar-refractivity contribution in [3.63, 3.8) is 0 Å². The molecule has 0 bridgehead atoms. The number of azo groups is 1. The second-order valence-electron chi connectivity index (χ2n) is 6.13. The Hall–Kier alpha value is -3.01. The average molecular weight is 500 g/mol. The van der Waals surface area contributed by atoms with Crippen LogP contribution in [-0.2, 0) is 28.2 Å². The highest BCUT2D eigenvalue weighted by Gasteiger charge is 2.16. The zero-order chi connectivity index (χ0) is 24.3. The largest absolute Gasteiger partial charge is 0.510 e. The Balaban J connectivity index is 2.07. The van der Waals surface area contributed by atoms with Gasteiger partial charge < -0.3 is 15.2 Å². The number of anilines is 1. The molecule has 0 unspecified atom stereocenters. The molecule has 0 saturated carbocycles. The topological polar surface area (TPSA) is 165 Å². The Morgan fingerprint density at radius 1 is 1.15 bits per heavy atom. The van der Waals surface area contributed by atoms with Crippen molar-refractivity contribution in [3.05, 3.63) is 60.0 Å². The monoisotopic (exact) mass is 499 g/mol. The lowest BCUT2D eigenvalue weighted by Crippen LogP contribution is -2.15. The number of ether oxygens (including phenoxy) is 1. The van der Waals surface area contributed by atoms with Crippen LogP contribution in [0.25, 0.3) is 0 Å². The van der Waals surface area contributed by atoms with Gasteiger partial charge in [0.15, 0.2) is 27.9 Å². The van der Waals surface area contributed by atoms with E-state index in [4.69, 9.17) is 14.2 Å². The lowest BCUT2D eigenvalue weighted by molar-refractivity contribution is -0.434. The fourth-order valence-electron chi connectivity index (χ4n) is 2.37. The summed E-state index contributed by atoms with van der Waals surface area (Å²) in [5.74, 6) is -1.00. The van der Waals surface area contributed by atoms with E-state index in [1.807, 2.05) is 0 Å². The summed E-state index contributed by atoms with van der Waals surface area (Å²) in [5, 5.41) is 31.4. The number of para-hydroxylation sites is 2. The molecule has 0 atom stereocenters. The number of hydrogen-bond acceptors (Lipinski definition) is 12. The number of nitrogens with one attached hydrogen (secondary N) is 1. The molecule has 0 radical (unpaired) electrons. The molecule has 0 aliphatic heterocycles. The van der Waals surface area contributed by atoms with E-state index in [0.29, 0.717) is 11.4 Å². The van der Waals surface area contributed by atoms with Gasteiger partial charge in [-0.1, -0.05) is 17.2 Å². The molecule has 14 heteroatoms. The quantitative estimate of drug-likeness (QED) is 0.0739. The van der Waals surface area contributed by atoms with Gasteiger partial charge in [0.2, 0.25) is 0 Å². The Morgan fingerprint density at radius 3 is 2.48 bits per heavy atom. The number of hydrogen-bond donors (Lipinski definition) is 3. The minimum absolute atomic E-state index is 0.0115. The number of aliphatic hydroxyl groups excluding tert-OH is 1. The summed E-state index contributed by atoms with van der Waals surface area (Å²) >= 11 is 0.279. The Morgan fingerprint density at radius 2 is 1.85 bits per heavy atom. The third-order valence-corrected chi connectivity index (χ3v) is 5.99. The van der Waals surface area contributed by atoms with Gasteiger partial charge in [-0.3, -0.25) is 8.98 Å². The van der Waals surface area contributed by atoms with Crippen molar-refractivity contribution < 1.29 is 41.9 Å². The second-order valence-corrected chi connectivity index (χ2v) is 8.75. The van der Waals surface area contributed by atoms with Gasteiger partial charge in [-0.15, -0.1) is 9.45 Å². The number of allylic oxidation sites excluding steroid dienone is 1. The van der Waals surface area contributed by atoms with Crippen molar-refractivity contribution in [2.24, 2.45) is 10.2 Å². The first-order valence-electron chi connectivity index (χ1n) is 9.13. The minimum atomic E-state index is -3.66. The number of carbonyl (C=O) groups is 1. The Kier molecular flexibility index (Phi) is 10.2. The van der Waals surface area contributed by atoms with E-state index in [1.165, 1.54) is 38.3 Å². The summed E-state index contributed by atoms with van der Waals surface area (Å²) in [5.41, 5.74) is 0.297. The molecular formula is C19H21N3O9S2. The highest BCUT2D eigenvalue weighted by atomic mass is 32.2. The van der Waals surface area contributed by atoms with Gasteiger partial charge in [0.25, 0.3) is 5.91 Å². The summed E-state index contributed by atoms with van der Waals surface area (Å²) in [6.45, 7) is 1.06. The predicted molar refractivity (Wildman–Crippen MR) is 118 cm³/mol. The molecule has 12 nitrogen and oxygen atoms in total. The molecule has 1 amide bonds. The maximum absolute atomic E-state index is 12.5. The Labute approximate surface area is 194 Å². The molecular weight excluding hydrogens is 478 g/mol. The molecule has 0 aliphatic rings. The number of rotatable bonds is 12. The molecule has 0 aromatic heterocycles. The first-order chi connectivity index (χ1) is 15.8. The van der Waals surface area contributed by atoms with Crippen LogP contribution < -0.4 is 10.1 Å². The molecule has 33 heavy (non-hydrogen) atoms. The van der Waals surface area contributed by atoms with E-state index in [-0.39, 0.29) is 46.7 Å². The van der Waals surface area contributed by atoms with Gasteiger partial charge in [0.1, 0.15) is 11.5 Å². The summed E-state index contributed by atoms with van der Waals surface area (Å²) < 4.78 is 38.4. The van der Waals surface area contributed by atoms with E-state index >= 15 is 0 Å². The van der Waals surface area contributed by atoms with Crippen LogP contribution in [0.15, 0.2) is 75.1 Å². The number of benzene rings is 2. The minimum Gasteiger partial charge on any atom is -0.510 e. The smallest absolute Gasteiger partial charge is 0.279 e. The van der Waals surface area contributed by atoms with Gasteiger partial charge in [-0.25, -0.2) is 13.7 Å². The summed E-state index contributed by atoms with van der Waals surface area (Å²) in [6.07, 6.45) is 0. The molecule has 178 valence electrons. The number of nitrogens with zero attached hydrogens (tertiary/aromatic N) is 2. The fourth-order valence-corrected chi connectivity index (χ4v) is 3.78. The molecule has 2 aromatic rings. The number of aliphatic hydroxyl groups is 1. The van der Waals surface area contributed by atoms with Crippen molar-refractivity contribution in [2.45, 2.75) is 11.8 Å². The molecule has 3 N–H and O–H groups in total. The van der Waals surface area contributed by atoms with Crippen LogP contribution in [0, 0.1) is 0 Å². The third-order valence-electron chi connectivity index (χ3n) is 3.92. The van der Waals surface area contributed by atoms with Crippen LogP contribution in [-0.4, -0.2) is 44.2 Å². The summed E-state index contributed by atoms with van der Waals surface area (Å²) in [6, 6.07) is 12.1. The average Bonchev–Trinajstić information content (AvgIpc) is 2.79. The molecule has 2 rings (SSSR count). The fraction of sp³-hybridized carbons (Fsp3) is 0.211. The van der Waals surface area contributed by atoms with Crippen molar-refractivity contribution in [3.8, 4) is 5.75 Å². The van der Waals surface area contributed by atoms with E-state index in [0.717, 1.165) is 0 Å². The molecule has 0 aliphatic carbocycles. The highest BCUT2D eigenvalue weighted by Crippen LogP contribution is 2.25. The number of carbonyl (C=O) groups excluding carboxylic acids is 1. The summed E-state index contributed by atoms with van der Waals surface area (Å²) in [7, 11) is -2.20. The standard InChI is InChI=1S/C19H21N3O9S2/c1-13(23)18(19(24)20-16-5-3-4-6-17(16)28-2)22-21-14-7-9-15(10-8-14)33(26,27)12-11-29-32-31-30-25/h3-10,23,25H,11-12H2,1-2H3,(H,20,24)/b18-13+,22-21?. The van der Waals surface area contributed by atoms with Crippen LogP contribution in [0.1, 0.15) is 6.92 Å². The van der Waals surface area contributed by atoms with Crippen molar-refractivity contribution in [1.29, 1.82) is 0 Å². The van der Waals surface area contributed by atoms with E-state index in [1.54, 1.807) is 24.3 Å². The molecule has 0 fully saturated rings. The van der Waals surface area contributed by atoms with Crippen LogP contribution >= 0.6 is 12.3 Å². The molecule has 2 aromatic carbocycles. The lowest BCUT2D eigenvalue weighted by atomic mass is 10.2. The maximum atomic E-state index is 12.5. The molecule has 0 saturated heterocycles. The van der Waals surface area contributed by atoms with E-state index < -0.39 is 15.7 Å². The van der Waals surface area contributed by atoms with Gasteiger partial charge in [0, 0.05) is 0 Å². The molecule has 0 heterocycles. The highest BCUT2D eigenvalue weighted by molar-refractivity contribution is 7.91. The second kappa shape index (κ2) is 12.9. The Bertz CT molecular complexity index is 1100. The lowest BCUT2D eigenvalue weighted by Gasteiger charge is -2.10. The van der Waals surface area contributed by atoms with Crippen LogP contribution in [0.2, 0.25) is 0 Å². The predicted octanol–water partition coefficient (Wildman–Crippen LogP) is 3.98. The number of sulfone groups is 1. The third kappa shape index (κ3) is 8.12. The van der Waals surface area contributed by atoms with Crippen LogP contribution in [0.5, 0.6) is 5.75 Å². The first-order valence-corrected chi connectivity index (χ1v) is 11.5. The number of methoxy groups -OCH3 is 1. The van der Waals surface area contributed by atoms with Crippen LogP contribution in [0.4, 0.5) is 11.4 Å². The molecule has 0 spiro atoms. The van der Waals surface area contributed by atoms with Crippen LogP contribution in [0.3, 0.4) is 0 Å².